The summed E-state index contributed by atoms with van der Waals surface area (Å²) < 4.78 is 20.2. The van der Waals surface area contributed by atoms with Crippen LogP contribution in [0.25, 0.3) is 5.69 Å². The summed E-state index contributed by atoms with van der Waals surface area (Å²) in [7, 11) is 0. The summed E-state index contributed by atoms with van der Waals surface area (Å²) >= 11 is 0. The van der Waals surface area contributed by atoms with Crippen molar-refractivity contribution < 1.29 is 18.7 Å². The van der Waals surface area contributed by atoms with Crippen LogP contribution in [-0.2, 0) is 9.53 Å². The molecular weight excluding hydrogens is 385 g/mol. The lowest BCUT2D eigenvalue weighted by Crippen LogP contribution is -2.45. The van der Waals surface area contributed by atoms with Crippen molar-refractivity contribution in [3.05, 3.63) is 41.8 Å². The third-order valence-corrected chi connectivity index (χ3v) is 5.72. The topological polar surface area (TPSA) is 73.2 Å². The largest absolute Gasteiger partial charge is 0.462 e. The van der Waals surface area contributed by atoms with E-state index in [1.54, 1.807) is 19.1 Å². The van der Waals surface area contributed by atoms with Crippen molar-refractivity contribution in [3.63, 3.8) is 0 Å². The molecule has 7 heteroatoms. The van der Waals surface area contributed by atoms with E-state index < -0.39 is 17.3 Å². The lowest BCUT2D eigenvalue weighted by Gasteiger charge is -2.33. The number of halogens is 1. The van der Waals surface area contributed by atoms with E-state index >= 15 is 0 Å². The van der Waals surface area contributed by atoms with Crippen molar-refractivity contribution in [2.45, 2.75) is 58.9 Å². The van der Waals surface area contributed by atoms with Crippen molar-refractivity contribution in [2.75, 3.05) is 11.9 Å². The molecule has 0 bridgehead atoms. The minimum atomic E-state index is -0.909. The molecule has 1 aliphatic carbocycles. The predicted molar refractivity (Wildman–Crippen MR) is 113 cm³/mol. The number of Topliss-reactive ketones (excluding diaryl/α,β-unsaturated/α-hetero) is 1. The highest BCUT2D eigenvalue weighted by Crippen LogP contribution is 2.33. The number of hydrogen-bond donors (Lipinski definition) is 1. The van der Waals surface area contributed by atoms with E-state index in [0.29, 0.717) is 11.6 Å². The molecule has 1 N–H and O–H groups in total. The van der Waals surface area contributed by atoms with Gasteiger partial charge in [0.2, 0.25) is 0 Å². The number of carbonyl (C=O) groups excluding carboxylic acids is 2. The van der Waals surface area contributed by atoms with Crippen LogP contribution < -0.4 is 5.32 Å². The molecule has 3 rings (SSSR count). The Hall–Kier alpha value is -2.70. The van der Waals surface area contributed by atoms with Gasteiger partial charge in [-0.1, -0.05) is 25.8 Å². The van der Waals surface area contributed by atoms with E-state index in [2.05, 4.69) is 17.3 Å². The number of carbonyl (C=O) groups is 2. The maximum atomic E-state index is 13.7. The monoisotopic (exact) mass is 415 g/mol. The first-order valence-corrected chi connectivity index (χ1v) is 10.6. The zero-order valence-electron chi connectivity index (χ0n) is 18.1. The number of nitrogens with one attached hydrogen (secondary N) is 1. The van der Waals surface area contributed by atoms with Gasteiger partial charge in [0.05, 0.1) is 17.8 Å². The molecule has 1 aliphatic rings. The molecule has 1 aromatic carbocycles. The van der Waals surface area contributed by atoms with Crippen molar-refractivity contribution in [3.8, 4) is 5.69 Å². The molecule has 0 unspecified atom stereocenters. The Morgan fingerprint density at radius 3 is 2.60 bits per heavy atom. The fourth-order valence-electron chi connectivity index (χ4n) is 3.97. The maximum absolute atomic E-state index is 13.7. The SMILES string of the molecule is CCOC(=O)c1cn(-c2cccc(F)c2)nc1NC(C)(C)C(=O)C1CCC(C)CC1. The number of rotatable bonds is 7. The van der Waals surface area contributed by atoms with Gasteiger partial charge in [-0.2, -0.15) is 0 Å². The van der Waals surface area contributed by atoms with E-state index in [-0.39, 0.29) is 29.7 Å². The quantitative estimate of drug-likeness (QED) is 0.659. The van der Waals surface area contributed by atoms with E-state index in [1.807, 2.05) is 13.8 Å². The van der Waals surface area contributed by atoms with Gasteiger partial charge in [0.1, 0.15) is 11.4 Å². The van der Waals surface area contributed by atoms with Crippen molar-refractivity contribution in [1.82, 2.24) is 9.78 Å². The van der Waals surface area contributed by atoms with Gasteiger partial charge in [-0.3, -0.25) is 4.79 Å². The molecule has 30 heavy (non-hydrogen) atoms. The number of ether oxygens (including phenoxy) is 1. The van der Waals surface area contributed by atoms with Crippen molar-refractivity contribution in [2.24, 2.45) is 11.8 Å². The Morgan fingerprint density at radius 1 is 1.27 bits per heavy atom. The molecule has 1 fully saturated rings. The molecule has 1 saturated carbocycles. The average molecular weight is 416 g/mol. The van der Waals surface area contributed by atoms with Gasteiger partial charge >= 0.3 is 5.97 Å². The Bertz CT molecular complexity index is 914. The first kappa shape index (κ1) is 22.0. The van der Waals surface area contributed by atoms with Crippen LogP contribution in [0.5, 0.6) is 0 Å². The van der Waals surface area contributed by atoms with Crippen LogP contribution in [0, 0.1) is 17.7 Å². The van der Waals surface area contributed by atoms with Crippen LogP contribution in [0.2, 0.25) is 0 Å². The number of esters is 1. The standard InChI is InChI=1S/C23H30FN3O3/c1-5-30-22(29)19-14-27(18-8-6-7-17(24)13-18)26-21(19)25-23(3,4)20(28)16-11-9-15(2)10-12-16/h6-8,13-16H,5,9-12H2,1-4H3,(H,25,26). The van der Waals surface area contributed by atoms with E-state index in [0.717, 1.165) is 25.7 Å². The first-order valence-electron chi connectivity index (χ1n) is 10.6. The van der Waals surface area contributed by atoms with Crippen LogP contribution in [-0.4, -0.2) is 33.7 Å². The van der Waals surface area contributed by atoms with E-state index in [4.69, 9.17) is 4.74 Å². The summed E-state index contributed by atoms with van der Waals surface area (Å²) in [5.74, 6) is 0.0712. The van der Waals surface area contributed by atoms with Crippen molar-refractivity contribution in [1.29, 1.82) is 0 Å². The lowest BCUT2D eigenvalue weighted by atomic mass is 9.76. The Labute approximate surface area is 176 Å². The first-order chi connectivity index (χ1) is 14.2. The summed E-state index contributed by atoms with van der Waals surface area (Å²) in [6, 6.07) is 5.92. The third kappa shape index (κ3) is 4.89. The van der Waals surface area contributed by atoms with Gasteiger partial charge in [0.25, 0.3) is 0 Å². The smallest absolute Gasteiger partial charge is 0.343 e. The molecule has 162 valence electrons. The summed E-state index contributed by atoms with van der Waals surface area (Å²) in [6.45, 7) is 7.77. The highest BCUT2D eigenvalue weighted by Gasteiger charge is 2.36. The minimum absolute atomic E-state index is 0.0000447. The van der Waals surface area contributed by atoms with Crippen LogP contribution in [0.1, 0.15) is 63.7 Å². The lowest BCUT2D eigenvalue weighted by molar-refractivity contribution is -0.127. The second-order valence-corrected chi connectivity index (χ2v) is 8.61. The molecule has 0 spiro atoms. The van der Waals surface area contributed by atoms with Gasteiger partial charge in [-0.15, -0.1) is 5.10 Å². The minimum Gasteiger partial charge on any atom is -0.462 e. The van der Waals surface area contributed by atoms with Crippen LogP contribution in [0.3, 0.4) is 0 Å². The maximum Gasteiger partial charge on any atom is 0.343 e. The summed E-state index contributed by atoms with van der Waals surface area (Å²) in [4.78, 5) is 25.7. The highest BCUT2D eigenvalue weighted by atomic mass is 19.1. The summed E-state index contributed by atoms with van der Waals surface area (Å²) in [5, 5.41) is 7.60. The zero-order chi connectivity index (χ0) is 21.9. The number of anilines is 1. The third-order valence-electron chi connectivity index (χ3n) is 5.72. The summed E-state index contributed by atoms with van der Waals surface area (Å²) in [6.07, 6.45) is 5.36. The van der Waals surface area contributed by atoms with Gasteiger partial charge in [0, 0.05) is 12.1 Å². The second-order valence-electron chi connectivity index (χ2n) is 8.61. The van der Waals surface area contributed by atoms with Crippen LogP contribution >= 0.6 is 0 Å². The molecule has 0 aliphatic heterocycles. The number of hydrogen-bond acceptors (Lipinski definition) is 5. The average Bonchev–Trinajstić information content (AvgIpc) is 3.11. The van der Waals surface area contributed by atoms with Gasteiger partial charge in [-0.25, -0.2) is 13.9 Å². The molecule has 0 atom stereocenters. The molecule has 6 nitrogen and oxygen atoms in total. The zero-order valence-corrected chi connectivity index (χ0v) is 18.1. The number of nitrogens with zero attached hydrogens (tertiary/aromatic N) is 2. The number of ketones is 1. The Kier molecular flexibility index (Phi) is 6.58. The molecule has 2 aromatic rings. The Morgan fingerprint density at radius 2 is 1.97 bits per heavy atom. The predicted octanol–water partition coefficient (Wildman–Crippen LogP) is 4.77. The van der Waals surface area contributed by atoms with Crippen LogP contribution in [0.15, 0.2) is 30.5 Å². The molecule has 0 radical (unpaired) electrons. The highest BCUT2D eigenvalue weighted by molar-refractivity contribution is 5.97. The second kappa shape index (κ2) is 8.98. The normalized spacial score (nSPS) is 19.4. The molecule has 0 amide bonds. The summed E-state index contributed by atoms with van der Waals surface area (Å²) in [5.41, 5.74) is -0.230. The van der Waals surface area contributed by atoms with Crippen molar-refractivity contribution >= 4 is 17.6 Å². The van der Waals surface area contributed by atoms with Crippen LogP contribution in [0.4, 0.5) is 10.2 Å². The molecule has 1 heterocycles. The molecule has 0 saturated heterocycles. The van der Waals surface area contributed by atoms with E-state index in [9.17, 15) is 14.0 Å². The van der Waals surface area contributed by atoms with Gasteiger partial charge < -0.3 is 10.1 Å². The molecule has 1 aromatic heterocycles. The number of benzene rings is 1. The molecular formula is C23H30FN3O3. The Balaban J connectivity index is 1.89. The number of aromatic nitrogens is 2. The fraction of sp³-hybridized carbons (Fsp3) is 0.522. The fourth-order valence-corrected chi connectivity index (χ4v) is 3.97. The van der Waals surface area contributed by atoms with E-state index in [1.165, 1.54) is 23.0 Å². The van der Waals surface area contributed by atoms with Gasteiger partial charge in [0.15, 0.2) is 11.6 Å². The van der Waals surface area contributed by atoms with Gasteiger partial charge in [-0.05, 0) is 57.7 Å².